The number of carbonyl (C=O) groups excluding carboxylic acids is 1. The summed E-state index contributed by atoms with van der Waals surface area (Å²) in [7, 11) is 1.86. The molecule has 39 heavy (non-hydrogen) atoms. The minimum atomic E-state index is -4.46. The summed E-state index contributed by atoms with van der Waals surface area (Å²) in [5.41, 5.74) is 7.31. The first kappa shape index (κ1) is 28.1. The lowest BCUT2D eigenvalue weighted by Crippen LogP contribution is -2.46. The van der Waals surface area contributed by atoms with Gasteiger partial charge in [0.15, 0.2) is 0 Å². The Hall–Kier alpha value is -3.91. The third kappa shape index (κ3) is 6.95. The molecule has 2 heterocycles. The molecule has 1 amide bonds. The van der Waals surface area contributed by atoms with Crippen LogP contribution < -0.4 is 21.1 Å². The topological polar surface area (TPSA) is 84.5 Å². The zero-order valence-electron chi connectivity index (χ0n) is 21.7. The molecule has 1 fully saturated rings. The minimum absolute atomic E-state index is 0.105. The number of amides is 1. The number of benzene rings is 2. The molecule has 2 atom stereocenters. The van der Waals surface area contributed by atoms with Gasteiger partial charge in [0.05, 0.1) is 36.1 Å². The fraction of sp³-hybridized carbons (Fsp3) is 0.393. The average molecular weight is 546 g/mol. The zero-order valence-corrected chi connectivity index (χ0v) is 21.7. The summed E-state index contributed by atoms with van der Waals surface area (Å²) >= 11 is 0. The van der Waals surface area contributed by atoms with E-state index in [1.165, 1.54) is 6.07 Å². The number of hydrogen-bond donors (Lipinski definition) is 3. The van der Waals surface area contributed by atoms with Crippen molar-refractivity contribution < 1.29 is 27.1 Å². The molecule has 0 spiro atoms. The molecule has 0 unspecified atom stereocenters. The number of halogens is 4. The number of piperidine rings is 1. The van der Waals surface area contributed by atoms with Crippen LogP contribution in [-0.4, -0.2) is 67.1 Å². The maximum atomic E-state index is 14.7. The van der Waals surface area contributed by atoms with E-state index in [2.05, 4.69) is 22.5 Å². The summed E-state index contributed by atoms with van der Waals surface area (Å²) in [6.07, 6.45) is -4.98. The molecule has 11 heteroatoms. The van der Waals surface area contributed by atoms with E-state index in [9.17, 15) is 22.4 Å². The molecular formula is C28H31F4N5O2. The number of ether oxygens (including phenoxy) is 1. The first-order valence-electron chi connectivity index (χ1n) is 12.6. The number of nitrogens with zero attached hydrogens (tertiary/aromatic N) is 2. The standard InChI is InChI=1S/C28H31F4N5O2/c1-3-39-26-14-18(27(33)38)9-10-24(26)34-12-5-6-19-15-20-22(35-23-11-13-36(2)16-21(23)29)7-4-8-25(20)37(19)17-28(30,31)32/h4,7-10,14-15,21,23,34-35H,3,11-13,16-17H2,1-2H3,(H2,33,38)/t21-,23+/m0/s1. The Kier molecular flexibility index (Phi) is 8.55. The fourth-order valence-electron chi connectivity index (χ4n) is 4.65. The van der Waals surface area contributed by atoms with Crippen molar-refractivity contribution in [3.05, 3.63) is 53.7 Å². The quantitative estimate of drug-likeness (QED) is 0.284. The number of carbonyl (C=O) groups is 1. The van der Waals surface area contributed by atoms with E-state index < -0.39 is 30.8 Å². The molecule has 1 saturated heterocycles. The van der Waals surface area contributed by atoms with Gasteiger partial charge < -0.3 is 30.6 Å². The molecule has 2 aromatic carbocycles. The molecule has 0 radical (unpaired) electrons. The Labute approximate surface area is 224 Å². The number of alkyl halides is 4. The normalized spacial score (nSPS) is 17.9. The van der Waals surface area contributed by atoms with Crippen molar-refractivity contribution in [3.63, 3.8) is 0 Å². The third-order valence-electron chi connectivity index (χ3n) is 6.52. The molecule has 208 valence electrons. The molecule has 7 nitrogen and oxygen atoms in total. The van der Waals surface area contributed by atoms with Gasteiger partial charge in [0.2, 0.25) is 5.91 Å². The first-order valence-corrected chi connectivity index (χ1v) is 12.6. The summed E-state index contributed by atoms with van der Waals surface area (Å²) in [6, 6.07) is 10.9. The molecular weight excluding hydrogens is 514 g/mol. The number of aromatic nitrogens is 1. The maximum absolute atomic E-state index is 14.7. The zero-order chi connectivity index (χ0) is 28.2. The second-order valence-electron chi connectivity index (χ2n) is 9.45. The summed E-state index contributed by atoms with van der Waals surface area (Å²) in [5, 5.41) is 6.83. The van der Waals surface area contributed by atoms with Crippen LogP contribution in [0.1, 0.15) is 29.4 Å². The number of likely N-dealkylation sites (tertiary alicyclic amines) is 1. The van der Waals surface area contributed by atoms with Gasteiger partial charge in [-0.1, -0.05) is 12.0 Å². The van der Waals surface area contributed by atoms with E-state index in [0.717, 1.165) is 11.1 Å². The van der Waals surface area contributed by atoms with Gasteiger partial charge in [-0.25, -0.2) is 4.39 Å². The van der Waals surface area contributed by atoms with Gasteiger partial charge in [-0.15, -0.1) is 0 Å². The third-order valence-corrected chi connectivity index (χ3v) is 6.52. The van der Waals surface area contributed by atoms with Crippen LogP contribution in [0.3, 0.4) is 0 Å². The van der Waals surface area contributed by atoms with Crippen LogP contribution in [0.5, 0.6) is 5.75 Å². The van der Waals surface area contributed by atoms with Crippen molar-refractivity contribution in [2.24, 2.45) is 5.73 Å². The molecule has 1 aromatic heterocycles. The van der Waals surface area contributed by atoms with E-state index >= 15 is 0 Å². The van der Waals surface area contributed by atoms with Crippen LogP contribution in [0.15, 0.2) is 42.5 Å². The highest BCUT2D eigenvalue weighted by Gasteiger charge is 2.31. The predicted molar refractivity (Wildman–Crippen MR) is 144 cm³/mol. The number of anilines is 2. The molecule has 0 saturated carbocycles. The number of nitrogens with two attached hydrogens (primary N) is 1. The number of primary amides is 1. The van der Waals surface area contributed by atoms with E-state index in [1.54, 1.807) is 43.3 Å². The van der Waals surface area contributed by atoms with Gasteiger partial charge in [0, 0.05) is 29.7 Å². The van der Waals surface area contributed by atoms with E-state index in [1.807, 2.05) is 11.9 Å². The van der Waals surface area contributed by atoms with Crippen LogP contribution in [0.4, 0.5) is 28.9 Å². The van der Waals surface area contributed by atoms with Crippen LogP contribution >= 0.6 is 0 Å². The van der Waals surface area contributed by atoms with Crippen molar-refractivity contribution in [2.45, 2.75) is 38.3 Å². The minimum Gasteiger partial charge on any atom is -0.492 e. The molecule has 4 N–H and O–H groups in total. The van der Waals surface area contributed by atoms with Crippen molar-refractivity contribution >= 4 is 28.2 Å². The molecule has 0 bridgehead atoms. The van der Waals surface area contributed by atoms with Gasteiger partial charge in [-0.05, 0) is 62.7 Å². The van der Waals surface area contributed by atoms with Crippen molar-refractivity contribution in [1.82, 2.24) is 9.47 Å². The van der Waals surface area contributed by atoms with Gasteiger partial charge in [-0.3, -0.25) is 4.79 Å². The van der Waals surface area contributed by atoms with Gasteiger partial charge in [0.25, 0.3) is 0 Å². The SMILES string of the molecule is CCOc1cc(C(N)=O)ccc1NCC#Cc1cc2c(N[C@@H]3CCN(C)C[C@@H]3F)cccc2n1CC(F)(F)F. The van der Waals surface area contributed by atoms with E-state index in [0.29, 0.717) is 47.6 Å². The van der Waals surface area contributed by atoms with Crippen molar-refractivity contribution in [1.29, 1.82) is 0 Å². The summed E-state index contributed by atoms with van der Waals surface area (Å²) < 4.78 is 61.9. The average Bonchev–Trinajstić information content (AvgIpc) is 3.21. The second kappa shape index (κ2) is 11.9. The van der Waals surface area contributed by atoms with Crippen LogP contribution in [-0.2, 0) is 6.54 Å². The van der Waals surface area contributed by atoms with E-state index in [4.69, 9.17) is 10.5 Å². The number of hydrogen-bond acceptors (Lipinski definition) is 5. The summed E-state index contributed by atoms with van der Waals surface area (Å²) in [4.78, 5) is 13.4. The van der Waals surface area contributed by atoms with Gasteiger partial charge in [-0.2, -0.15) is 13.2 Å². The Morgan fingerprint density at radius 1 is 1.21 bits per heavy atom. The largest absolute Gasteiger partial charge is 0.492 e. The predicted octanol–water partition coefficient (Wildman–Crippen LogP) is 4.62. The fourth-order valence-corrected chi connectivity index (χ4v) is 4.65. The van der Waals surface area contributed by atoms with Crippen molar-refractivity contribution in [3.8, 4) is 17.6 Å². The second-order valence-corrected chi connectivity index (χ2v) is 9.45. The molecule has 1 aliphatic heterocycles. The lowest BCUT2D eigenvalue weighted by Gasteiger charge is -2.33. The first-order chi connectivity index (χ1) is 18.6. The van der Waals surface area contributed by atoms with E-state index in [-0.39, 0.29) is 17.8 Å². The number of fused-ring (bicyclic) bond motifs is 1. The Balaban J connectivity index is 1.60. The van der Waals surface area contributed by atoms with Crippen LogP contribution in [0, 0.1) is 11.8 Å². The van der Waals surface area contributed by atoms with Gasteiger partial charge >= 0.3 is 6.18 Å². The molecule has 3 aromatic rings. The lowest BCUT2D eigenvalue weighted by molar-refractivity contribution is -0.140. The lowest BCUT2D eigenvalue weighted by atomic mass is 10.0. The summed E-state index contributed by atoms with van der Waals surface area (Å²) in [6.45, 7) is 2.07. The van der Waals surface area contributed by atoms with Crippen molar-refractivity contribution in [2.75, 3.05) is 43.9 Å². The Bertz CT molecular complexity index is 1390. The highest BCUT2D eigenvalue weighted by Crippen LogP contribution is 2.32. The highest BCUT2D eigenvalue weighted by atomic mass is 19.4. The highest BCUT2D eigenvalue weighted by molar-refractivity contribution is 5.94. The smallest absolute Gasteiger partial charge is 0.406 e. The number of rotatable bonds is 8. The monoisotopic (exact) mass is 545 g/mol. The number of nitrogens with one attached hydrogen (secondary N) is 2. The molecule has 4 rings (SSSR count). The Morgan fingerprint density at radius 3 is 2.69 bits per heavy atom. The molecule has 0 aliphatic carbocycles. The van der Waals surface area contributed by atoms with Crippen LogP contribution in [0.2, 0.25) is 0 Å². The van der Waals surface area contributed by atoms with Gasteiger partial charge in [0.1, 0.15) is 18.5 Å². The Morgan fingerprint density at radius 2 is 2.00 bits per heavy atom. The molecule has 1 aliphatic rings. The summed E-state index contributed by atoms with van der Waals surface area (Å²) in [5.74, 6) is 5.55. The maximum Gasteiger partial charge on any atom is 0.406 e. The van der Waals surface area contributed by atoms with Crippen LogP contribution in [0.25, 0.3) is 10.9 Å².